The molecule has 1 saturated carbocycles. The van der Waals surface area contributed by atoms with Crippen molar-refractivity contribution in [3.8, 4) is 0 Å². The third-order valence-corrected chi connectivity index (χ3v) is 5.23. The van der Waals surface area contributed by atoms with E-state index >= 15 is 0 Å². The molecule has 1 aliphatic carbocycles. The van der Waals surface area contributed by atoms with Crippen molar-refractivity contribution in [3.05, 3.63) is 23.5 Å². The van der Waals surface area contributed by atoms with E-state index in [1.807, 2.05) is 0 Å². The van der Waals surface area contributed by atoms with Gasteiger partial charge in [0.05, 0.1) is 5.69 Å². The lowest BCUT2D eigenvalue weighted by Gasteiger charge is -2.38. The van der Waals surface area contributed by atoms with Crippen molar-refractivity contribution >= 4 is 16.3 Å². The first-order valence-corrected chi connectivity index (χ1v) is 8.62. The van der Waals surface area contributed by atoms with Crippen molar-refractivity contribution in [1.82, 2.24) is 9.38 Å². The fourth-order valence-electron chi connectivity index (χ4n) is 3.77. The molecule has 0 aliphatic heterocycles. The van der Waals surface area contributed by atoms with E-state index in [2.05, 4.69) is 36.0 Å². The average Bonchev–Trinajstić information content (AvgIpc) is 2.87. The first-order chi connectivity index (χ1) is 9.54. The summed E-state index contributed by atoms with van der Waals surface area (Å²) in [6.07, 6.45) is 11.4. The van der Waals surface area contributed by atoms with Gasteiger partial charge in [-0.1, -0.05) is 26.7 Å². The van der Waals surface area contributed by atoms with Gasteiger partial charge in [0.25, 0.3) is 0 Å². The summed E-state index contributed by atoms with van der Waals surface area (Å²) in [6.45, 7) is 4.63. The first-order valence-electron chi connectivity index (χ1n) is 7.74. The maximum Gasteiger partial charge on any atom is 0.193 e. The fourth-order valence-corrected chi connectivity index (χ4v) is 4.49. The number of rotatable bonds is 4. The topological polar surface area (TPSA) is 43.3 Å². The number of nitrogens with zero attached hydrogens (tertiary/aromatic N) is 2. The minimum absolute atomic E-state index is 0.0398. The zero-order valence-corrected chi connectivity index (χ0v) is 13.3. The van der Waals surface area contributed by atoms with Crippen LogP contribution in [0.15, 0.2) is 17.8 Å². The van der Waals surface area contributed by atoms with E-state index in [0.717, 1.165) is 41.8 Å². The molecule has 2 atom stereocenters. The Morgan fingerprint density at radius 2 is 2.40 bits per heavy atom. The van der Waals surface area contributed by atoms with E-state index in [9.17, 15) is 0 Å². The number of hydrogen-bond acceptors (Lipinski definition) is 3. The Kier molecular flexibility index (Phi) is 3.87. The van der Waals surface area contributed by atoms with Gasteiger partial charge in [-0.2, -0.15) is 0 Å². The quantitative estimate of drug-likeness (QED) is 0.929. The maximum atomic E-state index is 6.70. The number of nitrogens with two attached hydrogens (primary N) is 1. The lowest BCUT2D eigenvalue weighted by Crippen LogP contribution is -2.46. The number of aromatic nitrogens is 2. The highest BCUT2D eigenvalue weighted by atomic mass is 32.1. The molecule has 2 aromatic rings. The average molecular weight is 291 g/mol. The Morgan fingerprint density at radius 3 is 3.15 bits per heavy atom. The van der Waals surface area contributed by atoms with Crippen LogP contribution in [-0.4, -0.2) is 14.9 Å². The second kappa shape index (κ2) is 5.49. The van der Waals surface area contributed by atoms with Crippen LogP contribution in [0.4, 0.5) is 0 Å². The van der Waals surface area contributed by atoms with Gasteiger partial charge in [-0.25, -0.2) is 4.98 Å². The van der Waals surface area contributed by atoms with Crippen molar-refractivity contribution in [1.29, 1.82) is 0 Å². The van der Waals surface area contributed by atoms with Crippen molar-refractivity contribution in [2.75, 3.05) is 0 Å². The van der Waals surface area contributed by atoms with E-state index in [4.69, 9.17) is 10.7 Å². The van der Waals surface area contributed by atoms with Gasteiger partial charge >= 0.3 is 0 Å². The Bertz CT molecular complexity index is 543. The van der Waals surface area contributed by atoms with Crippen molar-refractivity contribution in [3.63, 3.8) is 0 Å². The van der Waals surface area contributed by atoms with Crippen LogP contribution in [0.25, 0.3) is 4.96 Å². The summed E-state index contributed by atoms with van der Waals surface area (Å²) in [7, 11) is 0. The van der Waals surface area contributed by atoms with Crippen molar-refractivity contribution in [2.45, 2.75) is 57.9 Å². The summed E-state index contributed by atoms with van der Waals surface area (Å²) in [5, 5.41) is 2.07. The van der Waals surface area contributed by atoms with Crippen LogP contribution >= 0.6 is 11.3 Å². The van der Waals surface area contributed by atoms with E-state index < -0.39 is 0 Å². The van der Waals surface area contributed by atoms with E-state index in [0.29, 0.717) is 0 Å². The van der Waals surface area contributed by atoms with Gasteiger partial charge in [-0.15, -0.1) is 11.3 Å². The fraction of sp³-hybridized carbons (Fsp3) is 0.688. The summed E-state index contributed by atoms with van der Waals surface area (Å²) in [6, 6.07) is 0. The Balaban J connectivity index is 1.69. The molecule has 0 bridgehead atoms. The molecule has 20 heavy (non-hydrogen) atoms. The minimum atomic E-state index is -0.0398. The summed E-state index contributed by atoms with van der Waals surface area (Å²) in [5.41, 5.74) is 7.82. The number of thiazole rings is 1. The number of fused-ring (bicyclic) bond motifs is 1. The molecule has 0 radical (unpaired) electrons. The van der Waals surface area contributed by atoms with Gasteiger partial charge in [-0.3, -0.25) is 4.40 Å². The number of hydrogen-bond donors (Lipinski definition) is 1. The summed E-state index contributed by atoms with van der Waals surface area (Å²) < 4.78 is 2.11. The molecular formula is C16H25N3S. The first kappa shape index (κ1) is 14.1. The van der Waals surface area contributed by atoms with Gasteiger partial charge in [0.15, 0.2) is 4.96 Å². The highest BCUT2D eigenvalue weighted by molar-refractivity contribution is 7.15. The van der Waals surface area contributed by atoms with E-state index in [-0.39, 0.29) is 5.54 Å². The Labute approximate surface area is 125 Å². The third kappa shape index (κ3) is 3.07. The predicted octanol–water partition coefficient (Wildman–Crippen LogP) is 3.87. The molecule has 110 valence electrons. The molecule has 0 saturated heterocycles. The standard InChI is InChI=1S/C16H25N3S/c1-12(2)8-13-4-3-5-16(17,9-13)10-14-11-19-6-7-20-15(19)18-14/h6-7,11-13H,3-5,8-10,17H2,1-2H3. The Morgan fingerprint density at radius 1 is 1.55 bits per heavy atom. The molecule has 3 nitrogen and oxygen atoms in total. The highest BCUT2D eigenvalue weighted by Gasteiger charge is 2.33. The lowest BCUT2D eigenvalue weighted by molar-refractivity contribution is 0.199. The van der Waals surface area contributed by atoms with Crippen LogP contribution in [-0.2, 0) is 6.42 Å². The predicted molar refractivity (Wildman–Crippen MR) is 85.1 cm³/mol. The normalized spacial score (nSPS) is 27.5. The minimum Gasteiger partial charge on any atom is -0.325 e. The van der Waals surface area contributed by atoms with Gasteiger partial charge in [0.1, 0.15) is 0 Å². The molecule has 0 aromatic carbocycles. The molecule has 0 spiro atoms. The van der Waals surface area contributed by atoms with Gasteiger partial charge in [0, 0.05) is 29.7 Å². The molecular weight excluding hydrogens is 266 g/mol. The third-order valence-electron chi connectivity index (χ3n) is 4.46. The van der Waals surface area contributed by atoms with E-state index in [1.54, 1.807) is 11.3 Å². The van der Waals surface area contributed by atoms with Crippen LogP contribution in [0, 0.1) is 11.8 Å². The molecule has 3 rings (SSSR count). The largest absolute Gasteiger partial charge is 0.325 e. The van der Waals surface area contributed by atoms with Gasteiger partial charge in [-0.05, 0) is 31.1 Å². The Hall–Kier alpha value is -0.870. The molecule has 1 aliphatic rings. The van der Waals surface area contributed by atoms with Gasteiger partial charge in [0.2, 0.25) is 0 Å². The molecule has 1 fully saturated rings. The van der Waals surface area contributed by atoms with E-state index in [1.165, 1.54) is 19.3 Å². The smallest absolute Gasteiger partial charge is 0.193 e. The highest BCUT2D eigenvalue weighted by Crippen LogP contribution is 2.36. The molecule has 4 heteroatoms. The zero-order chi connectivity index (χ0) is 14.2. The van der Waals surface area contributed by atoms with Crippen LogP contribution in [0.3, 0.4) is 0 Å². The zero-order valence-electron chi connectivity index (χ0n) is 12.5. The molecule has 2 aromatic heterocycles. The van der Waals surface area contributed by atoms with Crippen LogP contribution in [0.1, 0.15) is 51.6 Å². The second-order valence-corrected chi connectivity index (χ2v) is 7.83. The summed E-state index contributed by atoms with van der Waals surface area (Å²) in [4.78, 5) is 5.78. The molecule has 2 heterocycles. The van der Waals surface area contributed by atoms with Crippen molar-refractivity contribution in [2.24, 2.45) is 17.6 Å². The SMILES string of the molecule is CC(C)CC1CCCC(N)(Cc2cn3ccsc3n2)C1. The maximum absolute atomic E-state index is 6.70. The number of imidazole rings is 1. The second-order valence-electron chi connectivity index (χ2n) is 6.96. The molecule has 2 N–H and O–H groups in total. The van der Waals surface area contributed by atoms with Crippen LogP contribution in [0.2, 0.25) is 0 Å². The van der Waals surface area contributed by atoms with Gasteiger partial charge < -0.3 is 5.73 Å². The summed E-state index contributed by atoms with van der Waals surface area (Å²) >= 11 is 1.69. The lowest BCUT2D eigenvalue weighted by atomic mass is 9.72. The van der Waals surface area contributed by atoms with Crippen molar-refractivity contribution < 1.29 is 0 Å². The monoisotopic (exact) mass is 291 g/mol. The summed E-state index contributed by atoms with van der Waals surface area (Å²) in [5.74, 6) is 1.58. The molecule has 0 amide bonds. The molecule has 2 unspecified atom stereocenters. The van der Waals surface area contributed by atoms with Crippen LogP contribution < -0.4 is 5.73 Å². The van der Waals surface area contributed by atoms with Crippen LogP contribution in [0.5, 0.6) is 0 Å².